The quantitative estimate of drug-likeness (QED) is 0.520. The van der Waals surface area contributed by atoms with E-state index in [0.717, 1.165) is 18.4 Å². The fraction of sp³-hybridized carbons (Fsp3) is 0.333. The van der Waals surface area contributed by atoms with E-state index in [0.29, 0.717) is 42.3 Å². The lowest BCUT2D eigenvalue weighted by Gasteiger charge is -2.32. The Balaban J connectivity index is 1.77. The molecule has 0 bridgehead atoms. The van der Waals surface area contributed by atoms with Gasteiger partial charge < -0.3 is 14.4 Å². The Morgan fingerprint density at radius 1 is 1.24 bits per heavy atom. The molecule has 2 aromatic carbocycles. The van der Waals surface area contributed by atoms with Gasteiger partial charge in [0.2, 0.25) is 0 Å². The van der Waals surface area contributed by atoms with E-state index in [1.54, 1.807) is 36.3 Å². The normalized spacial score (nSPS) is 16.2. The lowest BCUT2D eigenvalue weighted by molar-refractivity contribution is 0.0635. The Morgan fingerprint density at radius 3 is 2.79 bits per heavy atom. The van der Waals surface area contributed by atoms with Crippen LogP contribution in [-0.2, 0) is 0 Å². The van der Waals surface area contributed by atoms with Crippen molar-refractivity contribution in [3.8, 4) is 11.5 Å². The predicted octanol–water partition coefficient (Wildman–Crippen LogP) is 4.30. The van der Waals surface area contributed by atoms with Gasteiger partial charge in [-0.05, 0) is 55.7 Å². The van der Waals surface area contributed by atoms with Crippen LogP contribution in [0.4, 0.5) is 0 Å². The van der Waals surface area contributed by atoms with E-state index in [9.17, 15) is 9.59 Å². The Labute approximate surface area is 171 Å². The number of piperidine rings is 1. The first kappa shape index (κ1) is 20.6. The predicted molar refractivity (Wildman–Crippen MR) is 113 cm³/mol. The average Bonchev–Trinajstić information content (AvgIpc) is 2.76. The summed E-state index contributed by atoms with van der Waals surface area (Å²) in [6.45, 7) is 7.02. The zero-order valence-corrected chi connectivity index (χ0v) is 17.0. The minimum absolute atomic E-state index is 0.0270. The van der Waals surface area contributed by atoms with E-state index in [-0.39, 0.29) is 17.6 Å². The summed E-state index contributed by atoms with van der Waals surface area (Å²) in [6, 6.07) is 12.8. The van der Waals surface area contributed by atoms with Gasteiger partial charge in [0.25, 0.3) is 5.91 Å². The molecule has 1 fully saturated rings. The van der Waals surface area contributed by atoms with Crippen molar-refractivity contribution in [2.75, 3.05) is 26.8 Å². The van der Waals surface area contributed by atoms with Crippen molar-refractivity contribution < 1.29 is 19.1 Å². The van der Waals surface area contributed by atoms with Crippen molar-refractivity contribution in [2.45, 2.75) is 19.8 Å². The van der Waals surface area contributed by atoms with Crippen LogP contribution < -0.4 is 9.47 Å². The van der Waals surface area contributed by atoms with E-state index in [1.165, 1.54) is 0 Å². The lowest BCUT2D eigenvalue weighted by atomic mass is 9.89. The van der Waals surface area contributed by atoms with Crippen LogP contribution in [0.1, 0.15) is 39.1 Å². The number of carbonyl (C=O) groups excluding carboxylic acids is 2. The number of methoxy groups -OCH3 is 1. The maximum atomic E-state index is 13.1. The zero-order valence-electron chi connectivity index (χ0n) is 17.0. The molecule has 1 heterocycles. The number of ether oxygens (including phenoxy) is 2. The van der Waals surface area contributed by atoms with Gasteiger partial charge >= 0.3 is 0 Å². The Bertz CT molecular complexity index is 906. The van der Waals surface area contributed by atoms with Crippen LogP contribution in [0.3, 0.4) is 0 Å². The molecule has 0 N–H and O–H groups in total. The van der Waals surface area contributed by atoms with Crippen LogP contribution >= 0.6 is 0 Å². The Kier molecular flexibility index (Phi) is 6.70. The van der Waals surface area contributed by atoms with Crippen molar-refractivity contribution in [2.24, 2.45) is 5.92 Å². The third kappa shape index (κ3) is 4.86. The van der Waals surface area contributed by atoms with Crippen LogP contribution in [0.2, 0.25) is 0 Å². The molecular weight excluding hydrogens is 366 g/mol. The van der Waals surface area contributed by atoms with Crippen molar-refractivity contribution in [1.29, 1.82) is 0 Å². The molecule has 1 amide bonds. The molecule has 0 spiro atoms. The SMILES string of the molecule is C=CCOc1cc(C)cc(C(=O)N2CCCC(C(=O)c3ccccc3OC)C2)c1. The molecule has 0 aliphatic carbocycles. The maximum Gasteiger partial charge on any atom is 0.254 e. The smallest absolute Gasteiger partial charge is 0.254 e. The second-order valence-electron chi connectivity index (χ2n) is 7.29. The zero-order chi connectivity index (χ0) is 20.8. The van der Waals surface area contributed by atoms with Crippen LogP contribution in [0.15, 0.2) is 55.1 Å². The molecule has 1 aliphatic heterocycles. The number of carbonyl (C=O) groups is 2. The summed E-state index contributed by atoms with van der Waals surface area (Å²) in [7, 11) is 1.56. The molecule has 5 nitrogen and oxygen atoms in total. The standard InChI is InChI=1S/C24H27NO4/c1-4-12-29-20-14-17(2)13-19(15-20)24(27)25-11-7-8-18(16-25)23(26)21-9-5-6-10-22(21)28-3/h4-6,9-10,13-15,18H,1,7-8,11-12,16H2,2-3H3. The summed E-state index contributed by atoms with van der Waals surface area (Å²) in [5.74, 6) is 0.940. The molecule has 1 unspecified atom stereocenters. The first-order chi connectivity index (χ1) is 14.0. The number of amides is 1. The highest BCUT2D eigenvalue weighted by Gasteiger charge is 2.30. The lowest BCUT2D eigenvalue weighted by Crippen LogP contribution is -2.42. The van der Waals surface area contributed by atoms with E-state index in [4.69, 9.17) is 9.47 Å². The summed E-state index contributed by atoms with van der Waals surface area (Å²) in [5, 5.41) is 0. The van der Waals surface area contributed by atoms with Crippen LogP contribution in [0, 0.1) is 12.8 Å². The summed E-state index contributed by atoms with van der Waals surface area (Å²) < 4.78 is 10.9. The molecule has 2 aromatic rings. The van der Waals surface area contributed by atoms with Crippen molar-refractivity contribution in [3.63, 3.8) is 0 Å². The molecule has 3 rings (SSSR count). The van der Waals surface area contributed by atoms with Gasteiger partial charge in [-0.25, -0.2) is 0 Å². The highest BCUT2D eigenvalue weighted by atomic mass is 16.5. The number of Topliss-reactive ketones (excluding diaryl/α,β-unsaturated/α-hetero) is 1. The number of aryl methyl sites for hydroxylation is 1. The minimum Gasteiger partial charge on any atom is -0.496 e. The van der Waals surface area contributed by atoms with Crippen molar-refractivity contribution >= 4 is 11.7 Å². The summed E-state index contributed by atoms with van der Waals surface area (Å²) in [4.78, 5) is 28.0. The third-order valence-corrected chi connectivity index (χ3v) is 5.12. The van der Waals surface area contributed by atoms with Gasteiger partial charge in [-0.1, -0.05) is 24.8 Å². The van der Waals surface area contributed by atoms with Gasteiger partial charge in [-0.3, -0.25) is 9.59 Å². The number of ketones is 1. The molecule has 152 valence electrons. The third-order valence-electron chi connectivity index (χ3n) is 5.12. The van der Waals surface area contributed by atoms with Crippen molar-refractivity contribution in [1.82, 2.24) is 4.90 Å². The Morgan fingerprint density at radius 2 is 2.03 bits per heavy atom. The van der Waals surface area contributed by atoms with Gasteiger partial charge in [-0.15, -0.1) is 0 Å². The van der Waals surface area contributed by atoms with Gasteiger partial charge in [0.1, 0.15) is 18.1 Å². The van der Waals surface area contributed by atoms with Crippen LogP contribution in [0.25, 0.3) is 0 Å². The maximum absolute atomic E-state index is 13.1. The van der Waals surface area contributed by atoms with Crippen molar-refractivity contribution in [3.05, 3.63) is 71.8 Å². The molecule has 0 saturated carbocycles. The van der Waals surface area contributed by atoms with E-state index in [2.05, 4.69) is 6.58 Å². The molecule has 0 aromatic heterocycles. The minimum atomic E-state index is -0.231. The molecule has 1 saturated heterocycles. The second kappa shape index (κ2) is 9.41. The first-order valence-electron chi connectivity index (χ1n) is 9.85. The molecule has 1 aliphatic rings. The molecule has 5 heteroatoms. The second-order valence-corrected chi connectivity index (χ2v) is 7.29. The topological polar surface area (TPSA) is 55.8 Å². The molecule has 29 heavy (non-hydrogen) atoms. The highest BCUT2D eigenvalue weighted by Crippen LogP contribution is 2.27. The largest absolute Gasteiger partial charge is 0.496 e. The number of benzene rings is 2. The van der Waals surface area contributed by atoms with Gasteiger partial charge in [0.05, 0.1) is 12.7 Å². The monoisotopic (exact) mass is 393 g/mol. The fourth-order valence-electron chi connectivity index (χ4n) is 3.74. The van der Waals surface area contributed by atoms with Crippen LogP contribution in [0.5, 0.6) is 11.5 Å². The number of para-hydroxylation sites is 1. The first-order valence-corrected chi connectivity index (χ1v) is 9.85. The fourth-order valence-corrected chi connectivity index (χ4v) is 3.74. The van der Waals surface area contributed by atoms with E-state index in [1.807, 2.05) is 31.2 Å². The average molecular weight is 393 g/mol. The number of hydrogen-bond donors (Lipinski definition) is 0. The number of likely N-dealkylation sites (tertiary alicyclic amines) is 1. The molecule has 0 radical (unpaired) electrons. The number of hydrogen-bond acceptors (Lipinski definition) is 4. The molecular formula is C24H27NO4. The number of nitrogens with zero attached hydrogens (tertiary/aromatic N) is 1. The summed E-state index contributed by atoms with van der Waals surface area (Å²) in [6.07, 6.45) is 3.23. The van der Waals surface area contributed by atoms with Gasteiger partial charge in [0.15, 0.2) is 5.78 Å². The number of rotatable bonds is 7. The van der Waals surface area contributed by atoms with Crippen LogP contribution in [-0.4, -0.2) is 43.4 Å². The highest BCUT2D eigenvalue weighted by molar-refractivity contribution is 6.01. The Hall–Kier alpha value is -3.08. The summed E-state index contributed by atoms with van der Waals surface area (Å²) >= 11 is 0. The van der Waals surface area contributed by atoms with E-state index >= 15 is 0 Å². The van der Waals surface area contributed by atoms with E-state index < -0.39 is 0 Å². The molecule has 1 atom stereocenters. The van der Waals surface area contributed by atoms with Gasteiger partial charge in [-0.2, -0.15) is 0 Å². The summed E-state index contributed by atoms with van der Waals surface area (Å²) in [5.41, 5.74) is 2.10. The van der Waals surface area contributed by atoms with Gasteiger partial charge in [0, 0.05) is 24.6 Å².